The number of nitrogens with zero attached hydrogens (tertiary/aromatic N) is 1. The summed E-state index contributed by atoms with van der Waals surface area (Å²) in [6.07, 6.45) is -0.915. The molecule has 6 nitrogen and oxygen atoms in total. The average molecular weight is 565 g/mol. The number of hydrogen-bond donors (Lipinski definition) is 3. The number of rotatable bonds is 9. The molecule has 1 fully saturated rings. The summed E-state index contributed by atoms with van der Waals surface area (Å²) in [6, 6.07) is 22.0. The molecule has 3 aromatic carbocycles. The third kappa shape index (κ3) is 6.25. The molecule has 0 saturated carbocycles. The second-order valence-corrected chi connectivity index (χ2v) is 11.0. The van der Waals surface area contributed by atoms with Gasteiger partial charge in [-0.05, 0) is 78.7 Å². The molecule has 3 aromatic rings. The monoisotopic (exact) mass is 564 g/mol. The van der Waals surface area contributed by atoms with Crippen LogP contribution in [0.3, 0.4) is 0 Å². The van der Waals surface area contributed by atoms with Crippen LogP contribution in [-0.2, 0) is 10.2 Å². The zero-order chi connectivity index (χ0) is 29.0. The van der Waals surface area contributed by atoms with Gasteiger partial charge in [0.25, 0.3) is 5.91 Å². The van der Waals surface area contributed by atoms with Gasteiger partial charge in [0.05, 0.1) is 0 Å². The van der Waals surface area contributed by atoms with Crippen LogP contribution >= 0.6 is 0 Å². The van der Waals surface area contributed by atoms with Crippen molar-refractivity contribution in [2.45, 2.75) is 49.7 Å². The Balaban J connectivity index is 1.20. The van der Waals surface area contributed by atoms with Crippen LogP contribution in [0.5, 0.6) is 0 Å². The molecule has 1 saturated heterocycles. The van der Waals surface area contributed by atoms with E-state index in [2.05, 4.69) is 15.5 Å². The lowest BCUT2D eigenvalue weighted by Gasteiger charge is -2.33. The fourth-order valence-electron chi connectivity index (χ4n) is 6.21. The quantitative estimate of drug-likeness (QED) is 0.244. The van der Waals surface area contributed by atoms with Gasteiger partial charge in [0.2, 0.25) is 5.91 Å². The highest BCUT2D eigenvalue weighted by molar-refractivity contribution is 6.00. The van der Waals surface area contributed by atoms with Gasteiger partial charge in [-0.15, -0.1) is 0 Å². The number of carbonyl (C=O) groups is 2. The highest BCUT2D eigenvalue weighted by atomic mass is 19.4. The predicted molar refractivity (Wildman–Crippen MR) is 153 cm³/mol. The van der Waals surface area contributed by atoms with Crippen LogP contribution in [0.4, 0.5) is 18.9 Å². The van der Waals surface area contributed by atoms with Gasteiger partial charge < -0.3 is 21.3 Å². The first-order chi connectivity index (χ1) is 19.7. The number of nitrogens with one attached hydrogen (secondary N) is 2. The minimum absolute atomic E-state index is 0.100. The number of halogens is 3. The SMILES string of the molecule is Nc1ccc(C(=O)NC2CCN(CCCCC3(C(=O)NCC(F)(F)F)c4ccccc4-c4ccccc43)CC2)cc1. The lowest BCUT2D eigenvalue weighted by Crippen LogP contribution is -2.47. The first-order valence-corrected chi connectivity index (χ1v) is 14.1. The topological polar surface area (TPSA) is 87.5 Å². The van der Waals surface area contributed by atoms with Crippen LogP contribution in [0.2, 0.25) is 0 Å². The van der Waals surface area contributed by atoms with E-state index in [1.807, 2.05) is 48.5 Å². The summed E-state index contributed by atoms with van der Waals surface area (Å²) in [6.45, 7) is 1.15. The number of nitrogens with two attached hydrogens (primary N) is 1. The molecule has 216 valence electrons. The molecule has 0 unspecified atom stereocenters. The minimum Gasteiger partial charge on any atom is -0.399 e. The maximum Gasteiger partial charge on any atom is 0.405 e. The third-order valence-electron chi connectivity index (χ3n) is 8.27. The molecule has 0 atom stereocenters. The van der Waals surface area contributed by atoms with Gasteiger partial charge in [0.1, 0.15) is 12.0 Å². The number of hydrogen-bond acceptors (Lipinski definition) is 4. The molecule has 0 spiro atoms. The highest BCUT2D eigenvalue weighted by Gasteiger charge is 2.49. The van der Waals surface area contributed by atoms with E-state index < -0.39 is 24.0 Å². The summed E-state index contributed by atoms with van der Waals surface area (Å²) in [4.78, 5) is 28.5. The molecule has 9 heteroatoms. The second kappa shape index (κ2) is 11.9. The van der Waals surface area contributed by atoms with Crippen LogP contribution in [-0.4, -0.2) is 55.1 Å². The summed E-state index contributed by atoms with van der Waals surface area (Å²) in [5.41, 5.74) is 9.06. The number of piperidine rings is 1. The number of fused-ring (bicyclic) bond motifs is 3. The molecule has 2 aliphatic rings. The van der Waals surface area contributed by atoms with Crippen molar-refractivity contribution in [2.75, 3.05) is 31.9 Å². The fraction of sp³-hybridized carbons (Fsp3) is 0.375. The van der Waals surface area contributed by atoms with Crippen molar-refractivity contribution in [3.8, 4) is 11.1 Å². The molecule has 2 amide bonds. The Kier molecular flexibility index (Phi) is 8.35. The smallest absolute Gasteiger partial charge is 0.399 e. The molecule has 0 aromatic heterocycles. The van der Waals surface area contributed by atoms with E-state index in [0.29, 0.717) is 24.1 Å². The summed E-state index contributed by atoms with van der Waals surface area (Å²) < 4.78 is 39.2. The fourth-order valence-corrected chi connectivity index (χ4v) is 6.21. The van der Waals surface area contributed by atoms with Crippen molar-refractivity contribution >= 4 is 17.5 Å². The summed E-state index contributed by atoms with van der Waals surface area (Å²) in [5.74, 6) is -0.709. The molecule has 5 rings (SSSR count). The summed E-state index contributed by atoms with van der Waals surface area (Å²) in [5, 5.41) is 5.30. The van der Waals surface area contributed by atoms with Crippen molar-refractivity contribution in [3.05, 3.63) is 89.5 Å². The van der Waals surface area contributed by atoms with Gasteiger partial charge in [-0.2, -0.15) is 13.2 Å². The van der Waals surface area contributed by atoms with Crippen LogP contribution in [0.25, 0.3) is 11.1 Å². The van der Waals surface area contributed by atoms with Crippen LogP contribution in [0.1, 0.15) is 53.6 Å². The predicted octanol–water partition coefficient (Wildman–Crippen LogP) is 5.28. The van der Waals surface area contributed by atoms with Crippen molar-refractivity contribution in [3.63, 3.8) is 0 Å². The van der Waals surface area contributed by atoms with Crippen molar-refractivity contribution in [2.24, 2.45) is 0 Å². The Morgan fingerprint density at radius 3 is 2.05 bits per heavy atom. The van der Waals surface area contributed by atoms with Gasteiger partial charge in [-0.25, -0.2) is 0 Å². The number of amides is 2. The van der Waals surface area contributed by atoms with Crippen molar-refractivity contribution in [1.82, 2.24) is 15.5 Å². The number of unbranched alkanes of at least 4 members (excludes halogenated alkanes) is 1. The Hall–Kier alpha value is -3.85. The molecule has 1 aliphatic carbocycles. The Bertz CT molecular complexity index is 1340. The third-order valence-corrected chi connectivity index (χ3v) is 8.27. The lowest BCUT2D eigenvalue weighted by molar-refractivity contribution is -0.141. The van der Waals surface area contributed by atoms with E-state index in [1.165, 1.54) is 0 Å². The van der Waals surface area contributed by atoms with Crippen molar-refractivity contribution < 1.29 is 22.8 Å². The van der Waals surface area contributed by atoms with Gasteiger partial charge >= 0.3 is 6.18 Å². The van der Waals surface area contributed by atoms with E-state index >= 15 is 0 Å². The molecular formula is C32H35F3N4O2. The van der Waals surface area contributed by atoms with Crippen LogP contribution < -0.4 is 16.4 Å². The number of carbonyl (C=O) groups excluding carboxylic acids is 2. The minimum atomic E-state index is -4.49. The Morgan fingerprint density at radius 2 is 1.46 bits per heavy atom. The zero-order valence-electron chi connectivity index (χ0n) is 22.8. The number of alkyl halides is 3. The van der Waals surface area contributed by atoms with Crippen molar-refractivity contribution in [1.29, 1.82) is 0 Å². The first-order valence-electron chi connectivity index (χ1n) is 14.1. The first kappa shape index (κ1) is 28.7. The van der Waals surface area contributed by atoms with E-state index in [9.17, 15) is 22.8 Å². The van der Waals surface area contributed by atoms with Gasteiger partial charge in [0, 0.05) is 30.4 Å². The molecule has 41 heavy (non-hydrogen) atoms. The molecular weight excluding hydrogens is 529 g/mol. The number of likely N-dealkylation sites (tertiary alicyclic amines) is 1. The molecule has 1 aliphatic heterocycles. The van der Waals surface area contributed by atoms with Gasteiger partial charge in [-0.3, -0.25) is 9.59 Å². The van der Waals surface area contributed by atoms with Crippen LogP contribution in [0, 0.1) is 0 Å². The maximum atomic E-state index is 13.6. The number of anilines is 1. The number of benzene rings is 3. The van der Waals surface area contributed by atoms with Crippen LogP contribution in [0.15, 0.2) is 72.8 Å². The standard InChI is InChI=1S/C32H35F3N4O2/c33-32(34,35)21-37-30(41)31(27-9-3-1-7-25(27)26-8-2-4-10-28(26)31)17-5-6-18-39-19-15-24(16-20-39)38-29(40)22-11-13-23(36)14-12-22/h1-4,7-14,24H,5-6,15-21,36H2,(H,37,41)(H,38,40). The van der Waals surface area contributed by atoms with E-state index in [0.717, 1.165) is 61.2 Å². The molecule has 0 radical (unpaired) electrons. The van der Waals surface area contributed by atoms with E-state index in [4.69, 9.17) is 5.73 Å². The molecule has 1 heterocycles. The maximum absolute atomic E-state index is 13.6. The summed E-state index contributed by atoms with van der Waals surface area (Å²) >= 11 is 0. The second-order valence-electron chi connectivity index (χ2n) is 11.0. The zero-order valence-corrected chi connectivity index (χ0v) is 22.8. The van der Waals surface area contributed by atoms with Gasteiger partial charge in [0.15, 0.2) is 0 Å². The lowest BCUT2D eigenvalue weighted by atomic mass is 9.73. The molecule has 4 N–H and O–H groups in total. The number of nitrogen functional groups attached to an aromatic ring is 1. The van der Waals surface area contributed by atoms with Gasteiger partial charge in [-0.1, -0.05) is 55.0 Å². The van der Waals surface area contributed by atoms with E-state index in [-0.39, 0.29) is 11.9 Å². The van der Waals surface area contributed by atoms with E-state index in [1.54, 1.807) is 24.3 Å². The normalized spacial score (nSPS) is 16.6. The highest BCUT2D eigenvalue weighted by Crippen LogP contribution is 2.51. The average Bonchev–Trinajstić information content (AvgIpc) is 3.25. The Labute approximate surface area is 238 Å². The summed E-state index contributed by atoms with van der Waals surface area (Å²) in [7, 11) is 0. The molecule has 0 bridgehead atoms. The largest absolute Gasteiger partial charge is 0.405 e. The Morgan fingerprint density at radius 1 is 0.878 bits per heavy atom.